The maximum Gasteiger partial charge on any atom is 0.337 e. The molecule has 1 rings (SSSR count). The minimum atomic E-state index is -1.01. The van der Waals surface area contributed by atoms with Gasteiger partial charge in [0.2, 0.25) is 0 Å². The smallest absolute Gasteiger partial charge is 0.337 e. The lowest BCUT2D eigenvalue weighted by Crippen LogP contribution is -2.44. The number of benzene rings is 1. The molecule has 0 saturated heterocycles. The first-order chi connectivity index (χ1) is 8.24. The van der Waals surface area contributed by atoms with Crippen LogP contribution < -0.4 is 11.1 Å². The molecule has 18 heavy (non-hydrogen) atoms. The molecular formula is C13H21N3O2. The lowest BCUT2D eigenvalue weighted by atomic mass is 10.0. The normalized spacial score (nSPS) is 11.6. The Balaban J connectivity index is 2.81. The van der Waals surface area contributed by atoms with Crippen molar-refractivity contribution < 1.29 is 9.90 Å². The molecule has 0 spiro atoms. The average molecular weight is 251 g/mol. The van der Waals surface area contributed by atoms with Crippen LogP contribution in [0.15, 0.2) is 18.2 Å². The molecule has 100 valence electrons. The summed E-state index contributed by atoms with van der Waals surface area (Å²) in [5.41, 5.74) is 6.75. The third kappa shape index (κ3) is 3.37. The molecule has 0 fully saturated rings. The van der Waals surface area contributed by atoms with Gasteiger partial charge in [0.25, 0.3) is 0 Å². The van der Waals surface area contributed by atoms with Crippen LogP contribution in [0.3, 0.4) is 0 Å². The van der Waals surface area contributed by atoms with Crippen LogP contribution in [0.1, 0.15) is 24.2 Å². The quantitative estimate of drug-likeness (QED) is 0.694. The van der Waals surface area contributed by atoms with E-state index in [0.29, 0.717) is 6.54 Å². The Kier molecular flexibility index (Phi) is 4.19. The van der Waals surface area contributed by atoms with Crippen molar-refractivity contribution in [2.75, 3.05) is 31.7 Å². The first-order valence-electron chi connectivity index (χ1n) is 5.78. The minimum absolute atomic E-state index is 0.0230. The van der Waals surface area contributed by atoms with Gasteiger partial charge >= 0.3 is 5.97 Å². The van der Waals surface area contributed by atoms with Gasteiger partial charge < -0.3 is 21.1 Å². The number of carboxylic acid groups (broad SMARTS) is 1. The van der Waals surface area contributed by atoms with Gasteiger partial charge in [-0.25, -0.2) is 4.79 Å². The van der Waals surface area contributed by atoms with Crippen LogP contribution in [0.5, 0.6) is 0 Å². The molecular weight excluding hydrogens is 230 g/mol. The van der Waals surface area contributed by atoms with Crippen molar-refractivity contribution in [3.63, 3.8) is 0 Å². The molecule has 5 nitrogen and oxygen atoms in total. The third-order valence-electron chi connectivity index (χ3n) is 3.22. The Hall–Kier alpha value is -1.75. The fraction of sp³-hybridized carbons (Fsp3) is 0.462. The summed E-state index contributed by atoms with van der Waals surface area (Å²) in [6.45, 7) is 4.92. The number of carbonyl (C=O) groups is 1. The molecule has 1 aromatic carbocycles. The number of nitrogens with one attached hydrogen (secondary N) is 1. The highest BCUT2D eigenvalue weighted by molar-refractivity contribution is 5.94. The second-order valence-corrected chi connectivity index (χ2v) is 5.17. The maximum atomic E-state index is 11.0. The molecule has 4 N–H and O–H groups in total. The predicted octanol–water partition coefficient (Wildman–Crippen LogP) is 1.72. The van der Waals surface area contributed by atoms with E-state index in [-0.39, 0.29) is 16.8 Å². The van der Waals surface area contributed by atoms with Gasteiger partial charge in [0.1, 0.15) is 0 Å². The Morgan fingerprint density at radius 2 is 2.06 bits per heavy atom. The van der Waals surface area contributed by atoms with E-state index in [4.69, 9.17) is 10.8 Å². The number of hydrogen-bond donors (Lipinski definition) is 3. The van der Waals surface area contributed by atoms with Crippen molar-refractivity contribution >= 4 is 17.3 Å². The van der Waals surface area contributed by atoms with Crippen LogP contribution in [-0.4, -0.2) is 42.2 Å². The molecule has 0 bridgehead atoms. The van der Waals surface area contributed by atoms with E-state index >= 15 is 0 Å². The summed E-state index contributed by atoms with van der Waals surface area (Å²) in [4.78, 5) is 13.1. The molecule has 0 radical (unpaired) electrons. The zero-order chi connectivity index (χ0) is 13.9. The topological polar surface area (TPSA) is 78.6 Å². The molecule has 1 aromatic rings. The highest BCUT2D eigenvalue weighted by Gasteiger charge is 2.20. The van der Waals surface area contributed by atoms with Crippen molar-refractivity contribution in [3.05, 3.63) is 23.8 Å². The number of nitrogen functional groups attached to an aromatic ring is 1. The van der Waals surface area contributed by atoms with Crippen molar-refractivity contribution in [3.8, 4) is 0 Å². The molecule has 0 aliphatic carbocycles. The standard InChI is InChI=1S/C13H21N3O2/c1-13(2,16(3)4)8-15-9-5-6-11(14)10(7-9)12(17)18/h5-7,15H,8,14H2,1-4H3,(H,17,18). The van der Waals surface area contributed by atoms with Gasteiger partial charge in [-0.05, 0) is 46.1 Å². The zero-order valence-electron chi connectivity index (χ0n) is 11.3. The van der Waals surface area contributed by atoms with Crippen LogP contribution in [0.25, 0.3) is 0 Å². The molecule has 0 unspecified atom stereocenters. The van der Waals surface area contributed by atoms with Gasteiger partial charge in [-0.3, -0.25) is 0 Å². The van der Waals surface area contributed by atoms with Crippen LogP contribution in [0.2, 0.25) is 0 Å². The SMILES string of the molecule is CN(C)C(C)(C)CNc1ccc(N)c(C(=O)O)c1. The Labute approximate surface area is 108 Å². The van der Waals surface area contributed by atoms with E-state index in [1.54, 1.807) is 18.2 Å². The largest absolute Gasteiger partial charge is 0.478 e. The van der Waals surface area contributed by atoms with E-state index in [1.807, 2.05) is 14.1 Å². The number of nitrogens with zero attached hydrogens (tertiary/aromatic N) is 1. The molecule has 0 aliphatic rings. The number of nitrogens with two attached hydrogens (primary N) is 1. The predicted molar refractivity (Wildman–Crippen MR) is 74.1 cm³/mol. The van der Waals surface area contributed by atoms with Crippen LogP contribution in [0.4, 0.5) is 11.4 Å². The summed E-state index contributed by atoms with van der Waals surface area (Å²) in [6, 6.07) is 4.95. The fourth-order valence-corrected chi connectivity index (χ4v) is 1.33. The second kappa shape index (κ2) is 5.27. The van der Waals surface area contributed by atoms with Crippen LogP contribution in [0, 0.1) is 0 Å². The van der Waals surface area contributed by atoms with E-state index in [1.165, 1.54) is 0 Å². The van der Waals surface area contributed by atoms with E-state index in [0.717, 1.165) is 5.69 Å². The summed E-state index contributed by atoms with van der Waals surface area (Å²) in [5.74, 6) is -1.01. The highest BCUT2D eigenvalue weighted by Crippen LogP contribution is 2.19. The zero-order valence-corrected chi connectivity index (χ0v) is 11.3. The summed E-state index contributed by atoms with van der Waals surface area (Å²) >= 11 is 0. The fourth-order valence-electron chi connectivity index (χ4n) is 1.33. The first-order valence-corrected chi connectivity index (χ1v) is 5.78. The number of likely N-dealkylation sites (N-methyl/N-ethyl adjacent to an activating group) is 1. The minimum Gasteiger partial charge on any atom is -0.478 e. The summed E-state index contributed by atoms with van der Waals surface area (Å²) in [7, 11) is 4.01. The number of anilines is 2. The number of hydrogen-bond acceptors (Lipinski definition) is 4. The van der Waals surface area contributed by atoms with Crippen molar-refractivity contribution in [2.24, 2.45) is 0 Å². The molecule has 0 saturated carbocycles. The van der Waals surface area contributed by atoms with Crippen molar-refractivity contribution in [1.82, 2.24) is 4.90 Å². The van der Waals surface area contributed by atoms with Gasteiger partial charge in [0.15, 0.2) is 0 Å². The highest BCUT2D eigenvalue weighted by atomic mass is 16.4. The van der Waals surface area contributed by atoms with E-state index < -0.39 is 5.97 Å². The number of aromatic carboxylic acids is 1. The van der Waals surface area contributed by atoms with E-state index in [9.17, 15) is 4.79 Å². The summed E-state index contributed by atoms with van der Waals surface area (Å²) in [5, 5.41) is 12.2. The van der Waals surface area contributed by atoms with Gasteiger partial charge in [0.05, 0.1) is 5.56 Å². The second-order valence-electron chi connectivity index (χ2n) is 5.17. The number of carboxylic acids is 1. The van der Waals surface area contributed by atoms with Crippen LogP contribution in [-0.2, 0) is 0 Å². The first kappa shape index (κ1) is 14.3. The van der Waals surface area contributed by atoms with Gasteiger partial charge in [-0.15, -0.1) is 0 Å². The molecule has 0 amide bonds. The summed E-state index contributed by atoms with van der Waals surface area (Å²) in [6.07, 6.45) is 0. The number of rotatable bonds is 5. The Morgan fingerprint density at radius 1 is 1.44 bits per heavy atom. The van der Waals surface area contributed by atoms with Crippen molar-refractivity contribution in [2.45, 2.75) is 19.4 Å². The average Bonchev–Trinajstić information content (AvgIpc) is 2.27. The van der Waals surface area contributed by atoms with Gasteiger partial charge in [0, 0.05) is 23.5 Å². The molecule has 0 aliphatic heterocycles. The van der Waals surface area contributed by atoms with E-state index in [2.05, 4.69) is 24.1 Å². The van der Waals surface area contributed by atoms with Gasteiger partial charge in [-0.1, -0.05) is 0 Å². The lowest BCUT2D eigenvalue weighted by molar-refractivity contribution is 0.0698. The molecule has 0 atom stereocenters. The van der Waals surface area contributed by atoms with Crippen molar-refractivity contribution in [1.29, 1.82) is 0 Å². The lowest BCUT2D eigenvalue weighted by Gasteiger charge is -2.33. The molecule has 0 heterocycles. The van der Waals surface area contributed by atoms with Gasteiger partial charge in [-0.2, -0.15) is 0 Å². The van der Waals surface area contributed by atoms with Crippen LogP contribution >= 0.6 is 0 Å². The molecule has 0 aromatic heterocycles. The summed E-state index contributed by atoms with van der Waals surface area (Å²) < 4.78 is 0. The Morgan fingerprint density at radius 3 is 2.56 bits per heavy atom. The Bertz CT molecular complexity index is 442. The maximum absolute atomic E-state index is 11.0. The molecule has 5 heteroatoms. The monoisotopic (exact) mass is 251 g/mol. The third-order valence-corrected chi connectivity index (χ3v) is 3.22.